The summed E-state index contributed by atoms with van der Waals surface area (Å²) in [6, 6.07) is 7.44. The van der Waals surface area contributed by atoms with Gasteiger partial charge >= 0.3 is 11.9 Å². The van der Waals surface area contributed by atoms with Crippen LogP contribution in [0.4, 0.5) is 0 Å². The van der Waals surface area contributed by atoms with Gasteiger partial charge in [0.25, 0.3) is 0 Å². The summed E-state index contributed by atoms with van der Waals surface area (Å²) < 4.78 is 10.5. The van der Waals surface area contributed by atoms with Crippen LogP contribution in [-0.4, -0.2) is 23.6 Å². The molecule has 0 aliphatic rings. The van der Waals surface area contributed by atoms with Gasteiger partial charge in [-0.3, -0.25) is 0 Å². The Bertz CT molecular complexity index is 611. The highest BCUT2D eigenvalue weighted by Gasteiger charge is 2.27. The van der Waals surface area contributed by atoms with Crippen LogP contribution >= 0.6 is 0 Å². The van der Waals surface area contributed by atoms with E-state index in [0.29, 0.717) is 11.5 Å². The number of carbonyl (C=O) groups excluding carboxylic acids is 2. The summed E-state index contributed by atoms with van der Waals surface area (Å²) in [5.41, 5.74) is 1.06. The van der Waals surface area contributed by atoms with E-state index in [2.05, 4.69) is 27.7 Å². The van der Waals surface area contributed by atoms with E-state index in [4.69, 9.17) is 9.47 Å². The average Bonchev–Trinajstić information content (AvgIpc) is 2.52. The molecule has 1 aromatic carbocycles. The lowest BCUT2D eigenvalue weighted by atomic mass is 9.74. The van der Waals surface area contributed by atoms with Crippen LogP contribution in [0.15, 0.2) is 24.3 Å². The van der Waals surface area contributed by atoms with Crippen molar-refractivity contribution in [2.45, 2.75) is 79.4 Å². The van der Waals surface area contributed by atoms with Crippen LogP contribution in [0.2, 0.25) is 0 Å². The van der Waals surface area contributed by atoms with E-state index in [0.717, 1.165) is 12.0 Å². The lowest BCUT2D eigenvalue weighted by Crippen LogP contribution is -2.33. The van der Waals surface area contributed by atoms with Gasteiger partial charge < -0.3 is 9.47 Å². The Morgan fingerprint density at radius 3 is 2.20 bits per heavy atom. The van der Waals surface area contributed by atoms with Gasteiger partial charge in [0, 0.05) is 0 Å². The van der Waals surface area contributed by atoms with Gasteiger partial charge in [-0.15, -0.1) is 0 Å². The first-order chi connectivity index (χ1) is 11.4. The standard InChI is InChI=1S/C21H32O4/c1-9-21(7,8)14(2)16-11-10-12-17(13-16)19(23)24-15(3)18(22)25-20(4,5)6/h10-15H,9H2,1-8H3. The first-order valence-electron chi connectivity index (χ1n) is 8.91. The van der Waals surface area contributed by atoms with Crippen LogP contribution in [0.25, 0.3) is 0 Å². The lowest BCUT2D eigenvalue weighted by Gasteiger charge is -2.31. The molecule has 0 aliphatic heterocycles. The zero-order chi connectivity index (χ0) is 19.4. The third kappa shape index (κ3) is 6.18. The van der Waals surface area contributed by atoms with Crippen LogP contribution in [0.1, 0.15) is 83.7 Å². The van der Waals surface area contributed by atoms with Crippen molar-refractivity contribution in [2.24, 2.45) is 5.41 Å². The van der Waals surface area contributed by atoms with Crippen LogP contribution in [0, 0.1) is 5.41 Å². The quantitative estimate of drug-likeness (QED) is 0.670. The summed E-state index contributed by atoms with van der Waals surface area (Å²) in [5.74, 6) is -0.757. The third-order valence-electron chi connectivity index (χ3n) is 4.73. The second-order valence-corrected chi connectivity index (χ2v) is 8.27. The number of rotatable bonds is 6. The van der Waals surface area contributed by atoms with Crippen LogP contribution < -0.4 is 0 Å². The Morgan fingerprint density at radius 2 is 1.68 bits per heavy atom. The smallest absolute Gasteiger partial charge is 0.347 e. The summed E-state index contributed by atoms with van der Waals surface area (Å²) in [6.07, 6.45) is 0.0956. The Kier molecular flexibility index (Phi) is 6.81. The highest BCUT2D eigenvalue weighted by molar-refractivity contribution is 5.91. The topological polar surface area (TPSA) is 52.6 Å². The van der Waals surface area contributed by atoms with Crippen molar-refractivity contribution in [1.82, 2.24) is 0 Å². The highest BCUT2D eigenvalue weighted by Crippen LogP contribution is 2.38. The van der Waals surface area contributed by atoms with Crippen LogP contribution in [0.5, 0.6) is 0 Å². The van der Waals surface area contributed by atoms with Gasteiger partial charge in [0.1, 0.15) is 5.60 Å². The fourth-order valence-electron chi connectivity index (χ4n) is 2.35. The van der Waals surface area contributed by atoms with E-state index in [1.807, 2.05) is 18.2 Å². The van der Waals surface area contributed by atoms with Crippen molar-refractivity contribution in [3.8, 4) is 0 Å². The van der Waals surface area contributed by atoms with Crippen molar-refractivity contribution in [1.29, 1.82) is 0 Å². The van der Waals surface area contributed by atoms with Gasteiger partial charge in [0.15, 0.2) is 6.10 Å². The molecule has 2 unspecified atom stereocenters. The van der Waals surface area contributed by atoms with Crippen molar-refractivity contribution in [3.63, 3.8) is 0 Å². The fraction of sp³-hybridized carbons (Fsp3) is 0.619. The molecule has 140 valence electrons. The molecule has 2 atom stereocenters. The van der Waals surface area contributed by atoms with Gasteiger partial charge in [0.2, 0.25) is 0 Å². The number of hydrogen-bond donors (Lipinski definition) is 0. The monoisotopic (exact) mass is 348 g/mol. The second kappa shape index (κ2) is 8.03. The summed E-state index contributed by atoms with van der Waals surface area (Å²) in [7, 11) is 0. The molecule has 0 saturated carbocycles. The zero-order valence-corrected chi connectivity index (χ0v) is 16.8. The molecule has 0 aliphatic carbocycles. The maximum atomic E-state index is 12.4. The van der Waals surface area contributed by atoms with Crippen molar-refractivity contribution in [2.75, 3.05) is 0 Å². The number of carbonyl (C=O) groups is 2. The molecule has 25 heavy (non-hydrogen) atoms. The van der Waals surface area contributed by atoms with Crippen LogP contribution in [0.3, 0.4) is 0 Å². The van der Waals surface area contributed by atoms with Gasteiger partial charge in [0.05, 0.1) is 5.56 Å². The first-order valence-corrected chi connectivity index (χ1v) is 8.91. The van der Waals surface area contributed by atoms with E-state index in [9.17, 15) is 9.59 Å². The number of benzene rings is 1. The molecule has 0 radical (unpaired) electrons. The number of ether oxygens (including phenoxy) is 2. The average molecular weight is 348 g/mol. The minimum absolute atomic E-state index is 0.131. The molecule has 0 saturated heterocycles. The fourth-order valence-corrected chi connectivity index (χ4v) is 2.35. The SMILES string of the molecule is CCC(C)(C)C(C)c1cccc(C(=O)OC(C)C(=O)OC(C)(C)C)c1. The normalized spacial score (nSPS) is 14.6. The summed E-state index contributed by atoms with van der Waals surface area (Å²) >= 11 is 0. The summed E-state index contributed by atoms with van der Waals surface area (Å²) in [6.45, 7) is 15.6. The molecule has 0 aromatic heterocycles. The molecule has 0 heterocycles. The molecule has 1 rings (SSSR count). The predicted molar refractivity (Wildman–Crippen MR) is 99.7 cm³/mol. The van der Waals surface area contributed by atoms with E-state index < -0.39 is 23.6 Å². The summed E-state index contributed by atoms with van der Waals surface area (Å²) in [4.78, 5) is 24.4. The molecule has 0 N–H and O–H groups in total. The molecular weight excluding hydrogens is 316 g/mol. The second-order valence-electron chi connectivity index (χ2n) is 8.27. The molecule has 0 spiro atoms. The molecule has 0 bridgehead atoms. The Hall–Kier alpha value is -1.84. The minimum Gasteiger partial charge on any atom is -0.457 e. The molecule has 1 aromatic rings. The zero-order valence-electron chi connectivity index (χ0n) is 16.8. The number of esters is 2. The van der Waals surface area contributed by atoms with Crippen LogP contribution in [-0.2, 0) is 14.3 Å². The maximum absolute atomic E-state index is 12.4. The third-order valence-corrected chi connectivity index (χ3v) is 4.73. The lowest BCUT2D eigenvalue weighted by molar-refractivity contribution is -0.164. The van der Waals surface area contributed by atoms with Crippen molar-refractivity contribution in [3.05, 3.63) is 35.4 Å². The summed E-state index contributed by atoms with van der Waals surface area (Å²) in [5, 5.41) is 0. The van der Waals surface area contributed by atoms with Gasteiger partial charge in [-0.25, -0.2) is 9.59 Å². The van der Waals surface area contributed by atoms with Crippen molar-refractivity contribution >= 4 is 11.9 Å². The Morgan fingerprint density at radius 1 is 1.08 bits per heavy atom. The number of hydrogen-bond acceptors (Lipinski definition) is 4. The van der Waals surface area contributed by atoms with Gasteiger partial charge in [-0.05, 0) is 56.7 Å². The first kappa shape index (κ1) is 21.2. The molecule has 0 amide bonds. The molecule has 4 nitrogen and oxygen atoms in total. The van der Waals surface area contributed by atoms with E-state index in [-0.39, 0.29) is 5.41 Å². The van der Waals surface area contributed by atoms with E-state index in [1.54, 1.807) is 26.8 Å². The highest BCUT2D eigenvalue weighted by atomic mass is 16.6. The minimum atomic E-state index is -0.945. The molecule has 0 fully saturated rings. The van der Waals surface area contributed by atoms with Gasteiger partial charge in [-0.2, -0.15) is 0 Å². The largest absolute Gasteiger partial charge is 0.457 e. The Balaban J connectivity index is 2.86. The van der Waals surface area contributed by atoms with E-state index in [1.165, 1.54) is 6.92 Å². The molecular formula is C21H32O4. The predicted octanol–water partition coefficient (Wildman–Crippen LogP) is 5.11. The maximum Gasteiger partial charge on any atom is 0.347 e. The van der Waals surface area contributed by atoms with Gasteiger partial charge in [-0.1, -0.05) is 46.2 Å². The van der Waals surface area contributed by atoms with E-state index >= 15 is 0 Å². The van der Waals surface area contributed by atoms with Crippen molar-refractivity contribution < 1.29 is 19.1 Å². The molecule has 4 heteroatoms. The Labute approximate surface area is 151 Å².